The monoisotopic (exact) mass is 336 g/mol. The van der Waals surface area contributed by atoms with Crippen LogP contribution in [0.1, 0.15) is 0 Å². The van der Waals surface area contributed by atoms with E-state index in [0.29, 0.717) is 0 Å². The van der Waals surface area contributed by atoms with Gasteiger partial charge in [0, 0.05) is 20.8 Å². The molecule has 0 rings (SSSR count). The van der Waals surface area contributed by atoms with Crippen LogP contribution in [0.4, 0.5) is 0 Å². The Kier molecular flexibility index (Phi) is 18.2. The average Bonchev–Trinajstić information content (AvgIpc) is 1.12. The molecule has 0 saturated heterocycles. The summed E-state index contributed by atoms with van der Waals surface area (Å²) in [7, 11) is -10.3. The van der Waals surface area contributed by atoms with Crippen LogP contribution in [0.2, 0.25) is 0 Å². The molecular formula is FeO8S2Sr. The van der Waals surface area contributed by atoms with Crippen LogP contribution in [0.3, 0.4) is 0 Å². The third-order valence-electron chi connectivity index (χ3n) is 0. The van der Waals surface area contributed by atoms with Gasteiger partial charge in [-0.15, -0.1) is 0 Å². The zero-order valence-corrected chi connectivity index (χ0v) is 11.4. The van der Waals surface area contributed by atoms with Crippen molar-refractivity contribution in [2.24, 2.45) is 0 Å². The van der Waals surface area contributed by atoms with Gasteiger partial charge in [0.25, 0.3) is 0 Å². The van der Waals surface area contributed by atoms with Gasteiger partial charge in [-0.3, -0.25) is 16.8 Å². The fourth-order valence-corrected chi connectivity index (χ4v) is 0. The van der Waals surface area contributed by atoms with Crippen LogP contribution in [-0.4, -0.2) is 80.5 Å². The van der Waals surface area contributed by atoms with Gasteiger partial charge in [0.2, 0.25) is 0 Å². The van der Waals surface area contributed by atoms with Crippen molar-refractivity contribution in [3.63, 3.8) is 0 Å². The second-order valence-corrected chi connectivity index (χ2v) is 2.45. The first kappa shape index (κ1) is 23.5. The second-order valence-electron chi connectivity index (χ2n) is 0.816. The van der Waals surface area contributed by atoms with Gasteiger partial charge < -0.3 is 18.2 Å². The molecule has 8 nitrogen and oxygen atoms in total. The van der Waals surface area contributed by atoms with Crippen molar-refractivity contribution in [2.75, 3.05) is 0 Å². The van der Waals surface area contributed by atoms with Crippen molar-refractivity contribution in [3.8, 4) is 0 Å². The molecule has 70 valence electrons. The molecule has 0 aromatic heterocycles. The van der Waals surface area contributed by atoms with Crippen molar-refractivity contribution in [1.29, 1.82) is 0 Å². The van der Waals surface area contributed by atoms with E-state index in [1.54, 1.807) is 0 Å². The van der Waals surface area contributed by atoms with E-state index in [9.17, 15) is 0 Å². The minimum atomic E-state index is -5.17. The zero-order chi connectivity index (χ0) is 9.00. The van der Waals surface area contributed by atoms with Crippen LogP contribution < -0.4 is 0 Å². The Morgan fingerprint density at radius 2 is 0.667 bits per heavy atom. The summed E-state index contributed by atoms with van der Waals surface area (Å²) in [6.07, 6.45) is 0. The van der Waals surface area contributed by atoms with Gasteiger partial charge in [0.05, 0.1) is 0 Å². The Morgan fingerprint density at radius 1 is 0.667 bits per heavy atom. The van der Waals surface area contributed by atoms with Gasteiger partial charge in [-0.05, 0) is 0 Å². The molecule has 0 aliphatic heterocycles. The molecule has 0 N–H and O–H groups in total. The molecule has 0 saturated carbocycles. The molecule has 0 spiro atoms. The van der Waals surface area contributed by atoms with Gasteiger partial charge >= 0.3 is 62.6 Å². The van der Waals surface area contributed by atoms with Crippen LogP contribution in [0.15, 0.2) is 0 Å². The van der Waals surface area contributed by atoms with Crippen LogP contribution in [0.5, 0.6) is 0 Å². The van der Waals surface area contributed by atoms with Crippen molar-refractivity contribution in [1.82, 2.24) is 0 Å². The molecule has 0 atom stereocenters. The summed E-state index contributed by atoms with van der Waals surface area (Å²) >= 11 is 0. The summed E-state index contributed by atoms with van der Waals surface area (Å²) in [5, 5.41) is 0. The van der Waals surface area contributed by atoms with Gasteiger partial charge in [-0.25, -0.2) is 0 Å². The maximum absolute atomic E-state index is 8.52. The molecule has 12 heteroatoms. The molecule has 0 aliphatic carbocycles. The third-order valence-corrected chi connectivity index (χ3v) is 0. The summed E-state index contributed by atoms with van der Waals surface area (Å²) in [6, 6.07) is 0. The normalized spacial score (nSPS) is 9.67. The molecule has 0 aromatic carbocycles. The Hall–Kier alpha value is 1.74. The van der Waals surface area contributed by atoms with E-state index in [0.717, 1.165) is 0 Å². The van der Waals surface area contributed by atoms with E-state index in [1.165, 1.54) is 0 Å². The van der Waals surface area contributed by atoms with E-state index in [2.05, 4.69) is 0 Å². The smallest absolute Gasteiger partial charge is 0.759 e. The van der Waals surface area contributed by atoms with Crippen LogP contribution >= 0.6 is 0 Å². The quantitative estimate of drug-likeness (QED) is 0.256. The van der Waals surface area contributed by atoms with E-state index < -0.39 is 20.8 Å². The van der Waals surface area contributed by atoms with E-state index in [-0.39, 0.29) is 62.6 Å². The van der Waals surface area contributed by atoms with Crippen LogP contribution in [-0.2, 0) is 37.9 Å². The SMILES string of the molecule is O=S(=O)([O-])[O-].O=S(=O)([O-])[O-].[Fe+2].[Sr+2]. The second kappa shape index (κ2) is 9.30. The Morgan fingerprint density at radius 3 is 0.667 bits per heavy atom. The van der Waals surface area contributed by atoms with Gasteiger partial charge in [-0.2, -0.15) is 0 Å². The van der Waals surface area contributed by atoms with E-state index in [1.807, 2.05) is 0 Å². The molecule has 0 unspecified atom stereocenters. The van der Waals surface area contributed by atoms with E-state index in [4.69, 9.17) is 35.0 Å². The van der Waals surface area contributed by atoms with Crippen LogP contribution in [0.25, 0.3) is 0 Å². The molecule has 0 amide bonds. The molecule has 0 radical (unpaired) electrons. The molecule has 12 heavy (non-hydrogen) atoms. The summed E-state index contributed by atoms with van der Waals surface area (Å²) in [4.78, 5) is 0. The molecule has 0 bridgehead atoms. The van der Waals surface area contributed by atoms with Crippen molar-refractivity contribution < 1.29 is 52.1 Å². The molecule has 0 aliphatic rings. The first-order chi connectivity index (χ1) is 4.00. The average molecular weight is 336 g/mol. The largest absolute Gasteiger partial charge is 2.00 e. The predicted octanol–water partition coefficient (Wildman–Crippen LogP) is -3.06. The van der Waals surface area contributed by atoms with Crippen molar-refractivity contribution >= 4 is 66.3 Å². The predicted molar refractivity (Wildman–Crippen MR) is 26.7 cm³/mol. The minimum absolute atomic E-state index is 0. The maximum atomic E-state index is 8.52. The fraction of sp³-hybridized carbons (Fsp3) is 0. The summed E-state index contributed by atoms with van der Waals surface area (Å²) in [5.74, 6) is 0. The summed E-state index contributed by atoms with van der Waals surface area (Å²) in [5.41, 5.74) is 0. The minimum Gasteiger partial charge on any atom is -0.759 e. The number of hydrogen-bond donors (Lipinski definition) is 0. The molecular weight excluding hydrogens is 336 g/mol. The van der Waals surface area contributed by atoms with E-state index >= 15 is 0 Å². The molecule has 0 heterocycles. The Labute approximate surface area is 117 Å². The Balaban J connectivity index is -0.0000000457. The fourth-order valence-electron chi connectivity index (χ4n) is 0. The van der Waals surface area contributed by atoms with Crippen molar-refractivity contribution in [2.45, 2.75) is 0 Å². The van der Waals surface area contributed by atoms with Gasteiger partial charge in [0.15, 0.2) is 0 Å². The summed E-state index contributed by atoms with van der Waals surface area (Å²) < 4.78 is 68.2. The first-order valence-corrected chi connectivity index (χ1v) is 4.00. The molecule has 0 aromatic rings. The zero-order valence-electron chi connectivity index (χ0n) is 5.14. The maximum Gasteiger partial charge on any atom is 2.00 e. The number of rotatable bonds is 0. The summed E-state index contributed by atoms with van der Waals surface area (Å²) in [6.45, 7) is 0. The van der Waals surface area contributed by atoms with Gasteiger partial charge in [-0.1, -0.05) is 0 Å². The van der Waals surface area contributed by atoms with Crippen LogP contribution in [0, 0.1) is 0 Å². The standard InChI is InChI=1S/Fe.2H2O4S.Sr/c;2*1-5(2,3)4;/h;2*(H2,1,2,3,4);/q+2;;;+2/p-4. The first-order valence-electron chi connectivity index (χ1n) is 1.33. The number of hydrogen-bond acceptors (Lipinski definition) is 8. The Bertz CT molecular complexity index is 213. The van der Waals surface area contributed by atoms with Crippen molar-refractivity contribution in [3.05, 3.63) is 0 Å². The topological polar surface area (TPSA) is 161 Å². The van der Waals surface area contributed by atoms with Gasteiger partial charge in [0.1, 0.15) is 0 Å². The molecule has 0 fully saturated rings. The third kappa shape index (κ3) is 447.